The van der Waals surface area contributed by atoms with Crippen LogP contribution in [0.1, 0.15) is 30.5 Å². The van der Waals surface area contributed by atoms with Crippen LogP contribution in [-0.2, 0) is 0 Å². The van der Waals surface area contributed by atoms with Gasteiger partial charge in [-0.3, -0.25) is 0 Å². The summed E-state index contributed by atoms with van der Waals surface area (Å²) in [6.45, 7) is 10.4. The second kappa shape index (κ2) is 21.2. The second-order valence-corrected chi connectivity index (χ2v) is 15.2. The van der Waals surface area contributed by atoms with E-state index in [2.05, 4.69) is 262 Å². The average Bonchev–Trinajstić information content (AvgIpc) is 3.34. The van der Waals surface area contributed by atoms with Crippen LogP contribution >= 0.6 is 0 Å². The van der Waals surface area contributed by atoms with Crippen LogP contribution in [-0.4, -0.2) is 0 Å². The molecule has 0 spiro atoms. The van der Waals surface area contributed by atoms with Crippen molar-refractivity contribution in [3.05, 3.63) is 259 Å². The van der Waals surface area contributed by atoms with Gasteiger partial charge in [0.1, 0.15) is 0 Å². The van der Waals surface area contributed by atoms with Gasteiger partial charge >= 0.3 is 0 Å². The monoisotopic (exact) mass is 801 g/mol. The van der Waals surface area contributed by atoms with E-state index in [1.807, 2.05) is 19.9 Å². The van der Waals surface area contributed by atoms with Gasteiger partial charge in [-0.15, -0.1) is 0 Å². The van der Waals surface area contributed by atoms with E-state index in [0.29, 0.717) is 0 Å². The zero-order valence-electron chi connectivity index (χ0n) is 36.5. The minimum absolute atomic E-state index is 1.13. The first-order valence-corrected chi connectivity index (χ1v) is 21.7. The number of anilines is 3. The van der Waals surface area contributed by atoms with Crippen molar-refractivity contribution in [1.29, 1.82) is 0 Å². The summed E-state index contributed by atoms with van der Waals surface area (Å²) in [5.74, 6) is 0. The molecule has 1 heteroatoms. The van der Waals surface area contributed by atoms with Gasteiger partial charge in [-0.25, -0.2) is 0 Å². The van der Waals surface area contributed by atoms with Crippen LogP contribution in [0, 0.1) is 20.8 Å². The summed E-state index contributed by atoms with van der Waals surface area (Å²) in [4.78, 5) is 2.36. The Kier molecular flexibility index (Phi) is 14.6. The molecule has 0 aromatic heterocycles. The van der Waals surface area contributed by atoms with Crippen molar-refractivity contribution in [1.82, 2.24) is 0 Å². The highest BCUT2D eigenvalue weighted by Gasteiger charge is 2.16. The SMILES string of the molecule is CC.Cc1ccc(-c2ccc(N(c3ccc(-c4ccccc4)cc3)c3cccc4ccccc34)cc2)cc1.Cc1ccc(-c2ccccc2)cc1.Cc1cccc2ccccc12. The Bertz CT molecular complexity index is 2880. The van der Waals surface area contributed by atoms with Crippen molar-refractivity contribution in [2.24, 2.45) is 0 Å². The highest BCUT2D eigenvalue weighted by molar-refractivity contribution is 5.99. The molecular formula is C61H55N. The topological polar surface area (TPSA) is 3.24 Å². The summed E-state index contributed by atoms with van der Waals surface area (Å²) in [5, 5.41) is 5.15. The molecule has 10 aromatic rings. The Labute approximate surface area is 369 Å². The fourth-order valence-corrected chi connectivity index (χ4v) is 7.58. The number of benzene rings is 10. The third-order valence-electron chi connectivity index (χ3n) is 10.9. The van der Waals surface area contributed by atoms with E-state index in [0.717, 1.165) is 11.4 Å². The molecule has 0 N–H and O–H groups in total. The molecule has 304 valence electrons. The van der Waals surface area contributed by atoms with Gasteiger partial charge in [0.15, 0.2) is 0 Å². The van der Waals surface area contributed by atoms with Crippen molar-refractivity contribution in [3.8, 4) is 33.4 Å². The van der Waals surface area contributed by atoms with E-state index in [1.165, 1.54) is 77.3 Å². The molecule has 0 saturated heterocycles. The van der Waals surface area contributed by atoms with Crippen LogP contribution in [0.5, 0.6) is 0 Å². The maximum absolute atomic E-state index is 2.36. The number of rotatable bonds is 6. The largest absolute Gasteiger partial charge is 0.310 e. The van der Waals surface area contributed by atoms with Crippen molar-refractivity contribution < 1.29 is 0 Å². The molecule has 0 atom stereocenters. The zero-order valence-corrected chi connectivity index (χ0v) is 36.5. The Morgan fingerprint density at radius 1 is 0.258 bits per heavy atom. The number of fused-ring (bicyclic) bond motifs is 2. The summed E-state index contributed by atoms with van der Waals surface area (Å²) in [7, 11) is 0. The third-order valence-corrected chi connectivity index (χ3v) is 10.9. The lowest BCUT2D eigenvalue weighted by Crippen LogP contribution is -2.10. The average molecular weight is 802 g/mol. The first-order valence-electron chi connectivity index (χ1n) is 21.7. The fourth-order valence-electron chi connectivity index (χ4n) is 7.58. The van der Waals surface area contributed by atoms with Gasteiger partial charge in [-0.2, -0.15) is 0 Å². The van der Waals surface area contributed by atoms with Gasteiger partial charge in [-0.1, -0.05) is 237 Å². The molecule has 0 saturated carbocycles. The zero-order chi connectivity index (χ0) is 43.1. The lowest BCUT2D eigenvalue weighted by atomic mass is 10.0. The quantitative estimate of drug-likeness (QED) is 0.162. The maximum atomic E-state index is 2.36. The Morgan fingerprint density at radius 2 is 0.581 bits per heavy atom. The molecule has 0 heterocycles. The van der Waals surface area contributed by atoms with Gasteiger partial charge < -0.3 is 4.90 Å². The standard InChI is InChI=1S/C35H27N.C13H12.C11H10.C2H6/c1-26-14-16-28(17-15-26)30-20-24-33(25-21-30)36(35-13-7-11-31-10-5-6-12-34(31)35)32-22-18-29(19-23-32)27-8-3-2-4-9-27;1-11-7-9-13(10-8-11)12-5-3-2-4-6-12;1-9-5-4-7-10-6-2-3-8-11(9)10;1-2/h2-25H,1H3;2-10H,1H3;2-8H,1H3;1-2H3. The molecule has 0 aliphatic carbocycles. The summed E-state index contributed by atoms with van der Waals surface area (Å²) >= 11 is 0. The van der Waals surface area contributed by atoms with E-state index in [-0.39, 0.29) is 0 Å². The van der Waals surface area contributed by atoms with Crippen LogP contribution in [0.3, 0.4) is 0 Å². The molecular weight excluding hydrogens is 747 g/mol. The van der Waals surface area contributed by atoms with E-state index < -0.39 is 0 Å². The third kappa shape index (κ3) is 10.6. The summed E-state index contributed by atoms with van der Waals surface area (Å²) in [6.07, 6.45) is 0. The molecule has 0 radical (unpaired) electrons. The van der Waals surface area contributed by atoms with E-state index >= 15 is 0 Å². The van der Waals surface area contributed by atoms with Crippen LogP contribution < -0.4 is 4.90 Å². The number of hydrogen-bond donors (Lipinski definition) is 0. The lowest BCUT2D eigenvalue weighted by molar-refractivity contribution is 1.30. The molecule has 0 amide bonds. The van der Waals surface area contributed by atoms with Gasteiger partial charge in [-0.05, 0) is 106 Å². The molecule has 0 bridgehead atoms. The highest BCUT2D eigenvalue weighted by Crippen LogP contribution is 2.40. The van der Waals surface area contributed by atoms with E-state index in [9.17, 15) is 0 Å². The van der Waals surface area contributed by atoms with Gasteiger partial charge in [0.2, 0.25) is 0 Å². The van der Waals surface area contributed by atoms with Crippen LogP contribution in [0.15, 0.2) is 243 Å². The molecule has 0 aliphatic heterocycles. The molecule has 0 aliphatic rings. The predicted octanol–water partition coefficient (Wildman–Crippen LogP) is 17.8. The minimum atomic E-state index is 1.13. The Hall–Kier alpha value is -7.48. The summed E-state index contributed by atoms with van der Waals surface area (Å²) in [5.41, 5.74) is 14.8. The highest BCUT2D eigenvalue weighted by atomic mass is 15.1. The van der Waals surface area contributed by atoms with Crippen LogP contribution in [0.4, 0.5) is 17.1 Å². The Morgan fingerprint density at radius 3 is 1.02 bits per heavy atom. The first-order chi connectivity index (χ1) is 30.5. The predicted molar refractivity (Wildman–Crippen MR) is 271 cm³/mol. The lowest BCUT2D eigenvalue weighted by Gasteiger charge is -2.27. The van der Waals surface area contributed by atoms with E-state index in [4.69, 9.17) is 0 Å². The van der Waals surface area contributed by atoms with Gasteiger partial charge in [0.05, 0.1) is 5.69 Å². The maximum Gasteiger partial charge on any atom is 0.0540 e. The van der Waals surface area contributed by atoms with Crippen molar-refractivity contribution in [3.63, 3.8) is 0 Å². The number of aryl methyl sites for hydroxylation is 3. The molecule has 0 fully saturated rings. The summed E-state index contributed by atoms with van der Waals surface area (Å²) < 4.78 is 0. The molecule has 10 rings (SSSR count). The Balaban J connectivity index is 0.000000180. The summed E-state index contributed by atoms with van der Waals surface area (Å²) in [6, 6.07) is 86.0. The van der Waals surface area contributed by atoms with Crippen LogP contribution in [0.25, 0.3) is 54.9 Å². The number of nitrogens with zero attached hydrogens (tertiary/aromatic N) is 1. The van der Waals surface area contributed by atoms with Crippen molar-refractivity contribution in [2.45, 2.75) is 34.6 Å². The molecule has 10 aromatic carbocycles. The molecule has 62 heavy (non-hydrogen) atoms. The normalized spacial score (nSPS) is 10.3. The first kappa shape index (κ1) is 42.6. The number of hydrogen-bond acceptors (Lipinski definition) is 1. The van der Waals surface area contributed by atoms with E-state index in [1.54, 1.807) is 0 Å². The molecule has 0 unspecified atom stereocenters. The van der Waals surface area contributed by atoms with Gasteiger partial charge in [0.25, 0.3) is 0 Å². The molecule has 1 nitrogen and oxygen atoms in total. The van der Waals surface area contributed by atoms with Crippen molar-refractivity contribution >= 4 is 38.6 Å². The van der Waals surface area contributed by atoms with Crippen molar-refractivity contribution in [2.75, 3.05) is 4.90 Å². The minimum Gasteiger partial charge on any atom is -0.310 e. The smallest absolute Gasteiger partial charge is 0.0540 e. The van der Waals surface area contributed by atoms with Gasteiger partial charge in [0, 0.05) is 16.8 Å². The van der Waals surface area contributed by atoms with Crippen LogP contribution in [0.2, 0.25) is 0 Å². The fraction of sp³-hybridized carbons (Fsp3) is 0.0820. The second-order valence-electron chi connectivity index (χ2n) is 15.2.